The second kappa shape index (κ2) is 6.45. The normalized spacial score (nSPS) is 22.0. The number of carbonyl (C=O) groups excluding carboxylic acids is 1. The lowest BCUT2D eigenvalue weighted by atomic mass is 10.2. The minimum atomic E-state index is -0.365. The molecule has 124 valence electrons. The number of benzene rings is 1. The van der Waals surface area contributed by atoms with E-state index in [-0.39, 0.29) is 10.6 Å². The first-order valence-electron chi connectivity index (χ1n) is 7.99. The Morgan fingerprint density at radius 1 is 1.21 bits per heavy atom. The molecule has 0 saturated heterocycles. The molecule has 1 aromatic rings. The van der Waals surface area contributed by atoms with Gasteiger partial charge >= 0.3 is 6.09 Å². The maximum Gasteiger partial charge on any atom is 0.532 e. The largest absolute Gasteiger partial charge is 0.532 e. The summed E-state index contributed by atoms with van der Waals surface area (Å²) in [7, 11) is 0. The molecule has 0 aliphatic carbocycles. The molecule has 2 aliphatic heterocycles. The molecule has 5 heteroatoms. The van der Waals surface area contributed by atoms with Crippen LogP contribution in [0.5, 0.6) is 0 Å². The van der Waals surface area contributed by atoms with Crippen LogP contribution in [0.3, 0.4) is 0 Å². The van der Waals surface area contributed by atoms with E-state index in [4.69, 9.17) is 9.47 Å². The van der Waals surface area contributed by atoms with E-state index in [9.17, 15) is 4.79 Å². The minimum Gasteiger partial charge on any atom is -0.481 e. The summed E-state index contributed by atoms with van der Waals surface area (Å²) in [6, 6.07) is 9.90. The number of hydrogen-bond acceptors (Lipinski definition) is 4. The maximum absolute atomic E-state index is 12.7. The van der Waals surface area contributed by atoms with Crippen molar-refractivity contribution in [2.45, 2.75) is 27.4 Å². The van der Waals surface area contributed by atoms with Gasteiger partial charge in [-0.25, -0.2) is 0 Å². The highest BCUT2D eigenvalue weighted by molar-refractivity contribution is 6.01. The summed E-state index contributed by atoms with van der Waals surface area (Å²) in [5, 5.41) is 0. The van der Waals surface area contributed by atoms with Gasteiger partial charge in [0.1, 0.15) is 24.2 Å². The smallest absolute Gasteiger partial charge is 0.481 e. The predicted octanol–water partition coefficient (Wildman–Crippen LogP) is 4.25. The van der Waals surface area contributed by atoms with Crippen molar-refractivity contribution in [1.82, 2.24) is 0 Å². The lowest BCUT2D eigenvalue weighted by Crippen LogP contribution is -2.51. The first-order valence-corrected chi connectivity index (χ1v) is 7.99. The van der Waals surface area contributed by atoms with Gasteiger partial charge in [0.25, 0.3) is 5.84 Å². The number of aliphatic imine (C=N–C) groups is 1. The van der Waals surface area contributed by atoms with Crippen LogP contribution in [-0.4, -0.2) is 23.0 Å². The van der Waals surface area contributed by atoms with E-state index in [1.54, 1.807) is 13.1 Å². The molecule has 0 N–H and O–H groups in total. The summed E-state index contributed by atoms with van der Waals surface area (Å²) in [5.41, 5.74) is 2.69. The Hall–Kier alpha value is -2.66. The van der Waals surface area contributed by atoms with Crippen molar-refractivity contribution in [2.75, 3.05) is 6.61 Å². The lowest BCUT2D eigenvalue weighted by molar-refractivity contribution is -0.665. The Labute approximate surface area is 141 Å². The van der Waals surface area contributed by atoms with Gasteiger partial charge in [-0.3, -0.25) is 0 Å². The Kier molecular flexibility index (Phi) is 4.36. The number of fused-ring (bicyclic) bond motifs is 1. The number of hydrogen-bond donors (Lipinski definition) is 0. The molecule has 1 unspecified atom stereocenters. The maximum atomic E-state index is 12.7. The van der Waals surface area contributed by atoms with Crippen LogP contribution in [-0.2, 0) is 16.1 Å². The monoisotopic (exact) mass is 325 g/mol. The number of rotatable bonds is 4. The summed E-state index contributed by atoms with van der Waals surface area (Å²) in [6.07, 6.45) is 5.08. The molecule has 0 radical (unpaired) electrons. The molecule has 1 aromatic carbocycles. The Morgan fingerprint density at radius 2 is 1.96 bits per heavy atom. The van der Waals surface area contributed by atoms with Gasteiger partial charge in [0.15, 0.2) is 0 Å². The number of carbonyl (C=O) groups is 1. The van der Waals surface area contributed by atoms with Gasteiger partial charge in [-0.05, 0) is 31.6 Å². The Balaban J connectivity index is 1.89. The third-order valence-corrected chi connectivity index (χ3v) is 4.23. The number of amides is 1. The van der Waals surface area contributed by atoms with Gasteiger partial charge in [0, 0.05) is 6.92 Å². The van der Waals surface area contributed by atoms with E-state index in [2.05, 4.69) is 4.99 Å². The quantitative estimate of drug-likeness (QED) is 0.778. The average Bonchev–Trinajstić information content (AvgIpc) is 2.87. The van der Waals surface area contributed by atoms with Crippen LogP contribution >= 0.6 is 0 Å². The minimum absolute atomic E-state index is 0.152. The lowest BCUT2D eigenvalue weighted by Gasteiger charge is -2.29. The summed E-state index contributed by atoms with van der Waals surface area (Å²) in [4.78, 5) is 17.3. The van der Waals surface area contributed by atoms with Gasteiger partial charge in [-0.15, -0.1) is 4.48 Å². The van der Waals surface area contributed by atoms with Crippen LogP contribution < -0.4 is 0 Å². The number of ether oxygens (including phenoxy) is 2. The molecule has 0 aromatic heterocycles. The molecule has 2 aliphatic rings. The molecule has 0 bridgehead atoms. The van der Waals surface area contributed by atoms with Crippen LogP contribution in [0.15, 0.2) is 70.8 Å². The van der Waals surface area contributed by atoms with E-state index in [0.29, 0.717) is 24.8 Å². The number of amidine groups is 1. The zero-order valence-corrected chi connectivity index (χ0v) is 14.2. The summed E-state index contributed by atoms with van der Waals surface area (Å²) < 4.78 is 11.1. The van der Waals surface area contributed by atoms with E-state index >= 15 is 0 Å². The molecule has 0 fully saturated rings. The van der Waals surface area contributed by atoms with Crippen LogP contribution in [0.4, 0.5) is 4.79 Å². The van der Waals surface area contributed by atoms with Crippen LogP contribution in [0.25, 0.3) is 0 Å². The topological polar surface area (TPSA) is 47.9 Å². The van der Waals surface area contributed by atoms with Gasteiger partial charge in [-0.1, -0.05) is 30.3 Å². The molecule has 24 heavy (non-hydrogen) atoms. The molecule has 0 saturated carbocycles. The predicted molar refractivity (Wildman–Crippen MR) is 91.5 cm³/mol. The number of quaternary nitrogens is 1. The zero-order chi connectivity index (χ0) is 17.2. The van der Waals surface area contributed by atoms with Gasteiger partial charge < -0.3 is 9.47 Å². The van der Waals surface area contributed by atoms with Crippen molar-refractivity contribution >= 4 is 11.9 Å². The fourth-order valence-electron chi connectivity index (χ4n) is 2.84. The van der Waals surface area contributed by atoms with Crippen LogP contribution in [0.2, 0.25) is 0 Å². The second-order valence-electron chi connectivity index (χ2n) is 5.67. The Bertz CT molecular complexity index is 775. The van der Waals surface area contributed by atoms with Gasteiger partial charge in [0.05, 0.1) is 6.61 Å². The number of nitrogens with zero attached hydrogens (tertiary/aromatic N) is 2. The molecule has 3 rings (SSSR count). The first kappa shape index (κ1) is 16.2. The number of allylic oxidation sites excluding steroid dienone is 4. The fourth-order valence-corrected chi connectivity index (χ4v) is 2.84. The van der Waals surface area contributed by atoms with Gasteiger partial charge in [0.2, 0.25) is 5.76 Å². The summed E-state index contributed by atoms with van der Waals surface area (Å²) in [5.74, 6) is 1.15. The summed E-state index contributed by atoms with van der Waals surface area (Å²) in [6.45, 7) is 6.32. The Morgan fingerprint density at radius 3 is 2.67 bits per heavy atom. The molecular formula is C19H21N2O3+. The van der Waals surface area contributed by atoms with Crippen molar-refractivity contribution in [3.63, 3.8) is 0 Å². The first-order chi connectivity index (χ1) is 11.6. The molecule has 2 heterocycles. The third-order valence-electron chi connectivity index (χ3n) is 4.23. The van der Waals surface area contributed by atoms with Crippen LogP contribution in [0, 0.1) is 0 Å². The second-order valence-corrected chi connectivity index (χ2v) is 5.67. The van der Waals surface area contributed by atoms with Crippen molar-refractivity contribution in [3.05, 3.63) is 71.4 Å². The van der Waals surface area contributed by atoms with Crippen LogP contribution in [0.1, 0.15) is 26.3 Å². The van der Waals surface area contributed by atoms with E-state index in [1.807, 2.05) is 56.3 Å². The van der Waals surface area contributed by atoms with Crippen molar-refractivity contribution in [1.29, 1.82) is 0 Å². The van der Waals surface area contributed by atoms with Crippen molar-refractivity contribution < 1.29 is 18.8 Å². The highest BCUT2D eigenvalue weighted by atomic mass is 16.6. The van der Waals surface area contributed by atoms with E-state index in [1.165, 1.54) is 0 Å². The van der Waals surface area contributed by atoms with E-state index < -0.39 is 0 Å². The molecule has 5 nitrogen and oxygen atoms in total. The zero-order valence-electron chi connectivity index (χ0n) is 14.2. The fraction of sp³-hybridized carbons (Fsp3) is 0.263. The van der Waals surface area contributed by atoms with Gasteiger partial charge in [-0.2, -0.15) is 9.79 Å². The molecule has 1 atom stereocenters. The molecular weight excluding hydrogens is 304 g/mol. The van der Waals surface area contributed by atoms with Crippen molar-refractivity contribution in [3.8, 4) is 0 Å². The standard InChI is InChI=1S/C19H21N2O3/c1-4-23-19(22)21-12-8-11-17(18(21)20-14(2)15(21)3)24-13-16-9-6-5-7-10-16/h5-12H,4,13H2,1-3H3/q+1. The third kappa shape index (κ3) is 2.57. The van der Waals surface area contributed by atoms with E-state index in [0.717, 1.165) is 17.0 Å². The molecule has 0 spiro atoms. The SMILES string of the molecule is CCOC(=O)[N+]12C=CC=C(OCc3ccccc3)C1=NC(C)=C2C. The van der Waals surface area contributed by atoms with Crippen molar-refractivity contribution in [2.24, 2.45) is 4.99 Å². The highest BCUT2D eigenvalue weighted by Crippen LogP contribution is 2.37. The average molecular weight is 325 g/mol. The highest BCUT2D eigenvalue weighted by Gasteiger charge is 2.53. The molecule has 1 amide bonds. The summed E-state index contributed by atoms with van der Waals surface area (Å²) >= 11 is 0.